The molecule has 1 nitrogen and oxygen atoms in total. The Labute approximate surface area is 84.0 Å². The largest absolute Gasteiger partial charge is 0.250 e. The maximum absolute atomic E-state index is 4.34. The lowest BCUT2D eigenvalue weighted by Crippen LogP contribution is -2.05. The number of thioether (sulfide) groups is 1. The van der Waals surface area contributed by atoms with E-state index in [4.69, 9.17) is 0 Å². The fraction of sp³-hybridized carbons (Fsp3) is 0.545. The van der Waals surface area contributed by atoms with Gasteiger partial charge in [-0.2, -0.15) is 0 Å². The van der Waals surface area contributed by atoms with Gasteiger partial charge in [0.15, 0.2) is 0 Å². The van der Waals surface area contributed by atoms with Gasteiger partial charge in [-0.3, -0.25) is 0 Å². The van der Waals surface area contributed by atoms with Gasteiger partial charge in [-0.05, 0) is 30.9 Å². The van der Waals surface area contributed by atoms with Crippen LogP contribution in [-0.4, -0.2) is 10.2 Å². The van der Waals surface area contributed by atoms with Crippen molar-refractivity contribution in [2.24, 2.45) is 5.92 Å². The molecule has 0 aromatic carbocycles. The van der Waals surface area contributed by atoms with E-state index >= 15 is 0 Å². The minimum absolute atomic E-state index is 0.801. The highest BCUT2D eigenvalue weighted by Crippen LogP contribution is 2.37. The number of rotatable bonds is 2. The van der Waals surface area contributed by atoms with Gasteiger partial charge in [0.05, 0.1) is 5.03 Å². The second-order valence-corrected chi connectivity index (χ2v) is 4.99. The Hall–Kier alpha value is -0.500. The molecule has 70 valence electrons. The summed E-state index contributed by atoms with van der Waals surface area (Å²) in [6, 6.07) is 6.15. The van der Waals surface area contributed by atoms with Gasteiger partial charge in [-0.25, -0.2) is 4.98 Å². The molecule has 1 aliphatic rings. The van der Waals surface area contributed by atoms with Gasteiger partial charge in [-0.15, -0.1) is 11.8 Å². The smallest absolute Gasteiger partial charge is 0.0962 e. The molecule has 1 aromatic heterocycles. The average molecular weight is 193 g/mol. The Kier molecular flexibility index (Phi) is 2.89. The predicted octanol–water partition coefficient (Wildman–Crippen LogP) is 3.36. The van der Waals surface area contributed by atoms with E-state index in [1.807, 2.05) is 24.0 Å². The average Bonchev–Trinajstić information content (AvgIpc) is 2.54. The summed E-state index contributed by atoms with van der Waals surface area (Å²) in [5, 5.41) is 1.98. The molecule has 1 saturated carbocycles. The minimum Gasteiger partial charge on any atom is -0.250 e. The molecule has 1 aliphatic carbocycles. The van der Waals surface area contributed by atoms with Crippen LogP contribution in [0, 0.1) is 5.92 Å². The molecule has 2 heteroatoms. The quantitative estimate of drug-likeness (QED) is 0.714. The molecule has 1 heterocycles. The fourth-order valence-electron chi connectivity index (χ4n) is 1.86. The molecule has 0 unspecified atom stereocenters. The van der Waals surface area contributed by atoms with E-state index in [1.54, 1.807) is 0 Å². The molecular weight excluding hydrogens is 178 g/mol. The van der Waals surface area contributed by atoms with E-state index in [1.165, 1.54) is 24.3 Å². The van der Waals surface area contributed by atoms with Crippen LogP contribution in [0.3, 0.4) is 0 Å². The number of aromatic nitrogens is 1. The monoisotopic (exact) mass is 193 g/mol. The molecule has 2 atom stereocenters. The molecule has 0 spiro atoms. The van der Waals surface area contributed by atoms with Crippen LogP contribution >= 0.6 is 11.8 Å². The lowest BCUT2D eigenvalue weighted by Gasteiger charge is -2.13. The van der Waals surface area contributed by atoms with Crippen molar-refractivity contribution in [1.82, 2.24) is 4.98 Å². The lowest BCUT2D eigenvalue weighted by atomic mass is 10.1. The summed E-state index contributed by atoms with van der Waals surface area (Å²) >= 11 is 1.95. The first kappa shape index (κ1) is 9.07. The zero-order valence-corrected chi connectivity index (χ0v) is 8.76. The van der Waals surface area contributed by atoms with Gasteiger partial charge in [0, 0.05) is 11.4 Å². The highest BCUT2D eigenvalue weighted by molar-refractivity contribution is 7.99. The molecular formula is C11H15NS. The Balaban J connectivity index is 1.98. The number of hydrogen-bond donors (Lipinski definition) is 0. The van der Waals surface area contributed by atoms with Crippen LogP contribution < -0.4 is 0 Å². The minimum atomic E-state index is 0.801. The Bertz CT molecular complexity index is 260. The standard InChI is InChI=1S/C11H15NS/c1-9-5-4-6-10(9)13-11-7-2-3-8-12-11/h2-3,7-10H,4-6H2,1H3/t9-,10-/m1/s1. The van der Waals surface area contributed by atoms with Crippen LogP contribution in [0.4, 0.5) is 0 Å². The zero-order valence-electron chi connectivity index (χ0n) is 7.94. The van der Waals surface area contributed by atoms with Crippen LogP contribution in [0.25, 0.3) is 0 Å². The molecule has 0 N–H and O–H groups in total. The van der Waals surface area contributed by atoms with Gasteiger partial charge in [0.2, 0.25) is 0 Å². The van der Waals surface area contributed by atoms with Gasteiger partial charge >= 0.3 is 0 Å². The van der Waals surface area contributed by atoms with Crippen LogP contribution in [-0.2, 0) is 0 Å². The van der Waals surface area contributed by atoms with Crippen molar-refractivity contribution in [3.63, 3.8) is 0 Å². The van der Waals surface area contributed by atoms with Crippen molar-refractivity contribution in [3.8, 4) is 0 Å². The molecule has 0 bridgehead atoms. The molecule has 1 aromatic rings. The summed E-state index contributed by atoms with van der Waals surface area (Å²) in [5.41, 5.74) is 0. The molecule has 0 saturated heterocycles. The summed E-state index contributed by atoms with van der Waals surface area (Å²) < 4.78 is 0. The van der Waals surface area contributed by atoms with E-state index in [0.717, 1.165) is 11.2 Å². The summed E-state index contributed by atoms with van der Waals surface area (Å²) in [6.45, 7) is 2.35. The summed E-state index contributed by atoms with van der Waals surface area (Å²) in [7, 11) is 0. The van der Waals surface area contributed by atoms with Gasteiger partial charge in [0.1, 0.15) is 0 Å². The molecule has 0 aliphatic heterocycles. The van der Waals surface area contributed by atoms with Crippen LogP contribution in [0.15, 0.2) is 29.4 Å². The van der Waals surface area contributed by atoms with E-state index in [2.05, 4.69) is 24.0 Å². The van der Waals surface area contributed by atoms with Crippen molar-refractivity contribution < 1.29 is 0 Å². The number of nitrogens with zero attached hydrogens (tertiary/aromatic N) is 1. The van der Waals surface area contributed by atoms with Crippen molar-refractivity contribution in [2.45, 2.75) is 36.5 Å². The third-order valence-corrected chi connectivity index (χ3v) is 4.18. The third kappa shape index (κ3) is 2.25. The molecule has 1 fully saturated rings. The molecule has 13 heavy (non-hydrogen) atoms. The highest BCUT2D eigenvalue weighted by atomic mass is 32.2. The summed E-state index contributed by atoms with van der Waals surface area (Å²) in [5.74, 6) is 0.868. The first-order valence-electron chi connectivity index (χ1n) is 4.94. The number of hydrogen-bond acceptors (Lipinski definition) is 2. The SMILES string of the molecule is C[C@@H]1CCC[C@H]1Sc1ccccn1. The summed E-state index contributed by atoms with van der Waals surface area (Å²) in [4.78, 5) is 4.34. The maximum Gasteiger partial charge on any atom is 0.0962 e. The van der Waals surface area contributed by atoms with Crippen LogP contribution in [0.2, 0.25) is 0 Å². The lowest BCUT2D eigenvalue weighted by molar-refractivity contribution is 0.624. The van der Waals surface area contributed by atoms with E-state index < -0.39 is 0 Å². The second kappa shape index (κ2) is 4.14. The second-order valence-electron chi connectivity index (χ2n) is 3.73. The maximum atomic E-state index is 4.34. The summed E-state index contributed by atoms with van der Waals surface area (Å²) in [6.07, 6.45) is 6.03. The Morgan fingerprint density at radius 1 is 1.38 bits per heavy atom. The third-order valence-electron chi connectivity index (χ3n) is 2.69. The van der Waals surface area contributed by atoms with Crippen molar-refractivity contribution >= 4 is 11.8 Å². The number of pyridine rings is 1. The Morgan fingerprint density at radius 2 is 2.31 bits per heavy atom. The van der Waals surface area contributed by atoms with Crippen LogP contribution in [0.5, 0.6) is 0 Å². The zero-order chi connectivity index (χ0) is 9.10. The fourth-order valence-corrected chi connectivity index (χ4v) is 3.10. The van der Waals surface area contributed by atoms with E-state index in [-0.39, 0.29) is 0 Å². The van der Waals surface area contributed by atoms with Gasteiger partial charge in [0.25, 0.3) is 0 Å². The van der Waals surface area contributed by atoms with Crippen LogP contribution in [0.1, 0.15) is 26.2 Å². The molecule has 2 rings (SSSR count). The molecule has 0 amide bonds. The first-order valence-corrected chi connectivity index (χ1v) is 5.82. The predicted molar refractivity (Wildman–Crippen MR) is 56.9 cm³/mol. The van der Waals surface area contributed by atoms with Gasteiger partial charge in [-0.1, -0.05) is 19.4 Å². The normalized spacial score (nSPS) is 27.8. The van der Waals surface area contributed by atoms with Crippen molar-refractivity contribution in [3.05, 3.63) is 24.4 Å². The first-order chi connectivity index (χ1) is 6.36. The Morgan fingerprint density at radius 3 is 2.92 bits per heavy atom. The van der Waals surface area contributed by atoms with Crippen molar-refractivity contribution in [1.29, 1.82) is 0 Å². The van der Waals surface area contributed by atoms with E-state index in [9.17, 15) is 0 Å². The molecule has 0 radical (unpaired) electrons. The van der Waals surface area contributed by atoms with Crippen molar-refractivity contribution in [2.75, 3.05) is 0 Å². The van der Waals surface area contributed by atoms with Gasteiger partial charge < -0.3 is 0 Å². The topological polar surface area (TPSA) is 12.9 Å². The highest BCUT2D eigenvalue weighted by Gasteiger charge is 2.24. The van der Waals surface area contributed by atoms with E-state index in [0.29, 0.717) is 0 Å².